The number of carbonyl (C=O) groups is 1. The third kappa shape index (κ3) is 3.21. The lowest BCUT2D eigenvalue weighted by Gasteiger charge is -2.23. The number of benzene rings is 1. The van der Waals surface area contributed by atoms with Crippen molar-refractivity contribution in [3.05, 3.63) is 53.6 Å². The molecule has 2 aliphatic heterocycles. The number of nitrogens with zero attached hydrogens (tertiary/aromatic N) is 2. The molecule has 2 aromatic rings. The Morgan fingerprint density at radius 1 is 1.19 bits per heavy atom. The highest BCUT2D eigenvalue weighted by Crippen LogP contribution is 2.39. The van der Waals surface area contributed by atoms with Gasteiger partial charge in [0, 0.05) is 19.3 Å². The minimum atomic E-state index is -0.416. The maximum absolute atomic E-state index is 13.2. The molecule has 0 unspecified atom stereocenters. The van der Waals surface area contributed by atoms with Crippen LogP contribution in [-0.4, -0.2) is 34.9 Å². The van der Waals surface area contributed by atoms with Crippen molar-refractivity contribution in [2.24, 2.45) is 0 Å². The van der Waals surface area contributed by atoms with Gasteiger partial charge in [-0.05, 0) is 61.6 Å². The van der Waals surface area contributed by atoms with Gasteiger partial charge in [-0.1, -0.05) is 12.1 Å². The van der Waals surface area contributed by atoms with Gasteiger partial charge in [-0.3, -0.25) is 15.1 Å². The Hall–Kier alpha value is -1.98. The zero-order chi connectivity index (χ0) is 17.6. The van der Waals surface area contributed by atoms with E-state index in [9.17, 15) is 9.18 Å². The summed E-state index contributed by atoms with van der Waals surface area (Å²) in [4.78, 5) is 19.0. The van der Waals surface area contributed by atoms with Crippen molar-refractivity contribution in [1.29, 1.82) is 0 Å². The van der Waals surface area contributed by atoms with Crippen LogP contribution in [0.15, 0.2) is 36.4 Å². The van der Waals surface area contributed by atoms with E-state index in [1.807, 2.05) is 24.9 Å². The Labute approximate surface area is 159 Å². The first-order valence-electron chi connectivity index (χ1n) is 8.75. The maximum atomic E-state index is 13.2. The number of rotatable bonds is 2. The first kappa shape index (κ1) is 18.8. The number of hydrogen-bond donors (Lipinski definition) is 1. The number of carbonyl (C=O) groups excluding carboxylic acids is 1. The average molecular weight is 376 g/mol. The van der Waals surface area contributed by atoms with Crippen LogP contribution in [0.25, 0.3) is 11.1 Å². The van der Waals surface area contributed by atoms with Crippen molar-refractivity contribution in [2.45, 2.75) is 37.8 Å². The van der Waals surface area contributed by atoms with Gasteiger partial charge in [-0.25, -0.2) is 4.39 Å². The Kier molecular flexibility index (Phi) is 5.04. The van der Waals surface area contributed by atoms with Gasteiger partial charge in [-0.2, -0.15) is 0 Å². The van der Waals surface area contributed by atoms with Gasteiger partial charge in [-0.15, -0.1) is 12.4 Å². The van der Waals surface area contributed by atoms with Crippen molar-refractivity contribution in [3.8, 4) is 11.1 Å². The summed E-state index contributed by atoms with van der Waals surface area (Å²) in [7, 11) is 1.86. The zero-order valence-electron chi connectivity index (χ0n) is 15.0. The number of likely N-dealkylation sites (N-methyl/N-ethyl adjacent to an activating group) is 1. The van der Waals surface area contributed by atoms with Gasteiger partial charge in [0.2, 0.25) is 5.91 Å². The van der Waals surface area contributed by atoms with E-state index in [1.54, 1.807) is 12.1 Å². The van der Waals surface area contributed by atoms with Gasteiger partial charge in [0.1, 0.15) is 11.4 Å². The molecule has 2 fully saturated rings. The highest BCUT2D eigenvalue weighted by molar-refractivity contribution is 5.88. The zero-order valence-corrected chi connectivity index (χ0v) is 15.8. The molecule has 6 heteroatoms. The molecule has 0 bridgehead atoms. The normalized spacial score (nSPS) is 25.0. The van der Waals surface area contributed by atoms with Crippen molar-refractivity contribution in [2.75, 3.05) is 13.6 Å². The molecule has 1 amide bonds. The predicted molar refractivity (Wildman–Crippen MR) is 102 cm³/mol. The lowest BCUT2D eigenvalue weighted by Crippen LogP contribution is -2.47. The number of pyridine rings is 1. The number of nitrogens with one attached hydrogen (secondary N) is 1. The smallest absolute Gasteiger partial charge is 0.242 e. The van der Waals surface area contributed by atoms with E-state index >= 15 is 0 Å². The quantitative estimate of drug-likeness (QED) is 0.871. The largest absolute Gasteiger partial charge is 0.344 e. The molecule has 2 saturated heterocycles. The van der Waals surface area contributed by atoms with E-state index in [2.05, 4.69) is 11.4 Å². The van der Waals surface area contributed by atoms with Gasteiger partial charge < -0.3 is 4.90 Å². The Morgan fingerprint density at radius 2 is 1.92 bits per heavy atom. The number of amides is 1. The molecule has 4 rings (SSSR count). The van der Waals surface area contributed by atoms with E-state index in [1.165, 1.54) is 12.1 Å². The summed E-state index contributed by atoms with van der Waals surface area (Å²) >= 11 is 0. The summed E-state index contributed by atoms with van der Waals surface area (Å²) in [5.74, 6) is -0.0422. The third-order valence-corrected chi connectivity index (χ3v) is 5.45. The van der Waals surface area contributed by atoms with Gasteiger partial charge >= 0.3 is 0 Å². The molecule has 26 heavy (non-hydrogen) atoms. The van der Waals surface area contributed by atoms with Gasteiger partial charge in [0.15, 0.2) is 0 Å². The number of aromatic nitrogens is 1. The second-order valence-electron chi connectivity index (χ2n) is 7.22. The second-order valence-corrected chi connectivity index (χ2v) is 7.22. The Balaban J connectivity index is 0.00000196. The number of hydrogen-bond acceptors (Lipinski definition) is 3. The molecule has 0 saturated carbocycles. The van der Waals surface area contributed by atoms with Crippen LogP contribution >= 0.6 is 12.4 Å². The lowest BCUT2D eigenvalue weighted by atomic mass is 9.96. The fraction of sp³-hybridized carbons (Fsp3) is 0.400. The molecule has 1 spiro atoms. The van der Waals surface area contributed by atoms with E-state index in [0.717, 1.165) is 48.3 Å². The topological polar surface area (TPSA) is 45.2 Å². The first-order chi connectivity index (χ1) is 12.0. The van der Waals surface area contributed by atoms with E-state index in [0.29, 0.717) is 0 Å². The van der Waals surface area contributed by atoms with Gasteiger partial charge in [0.05, 0.1) is 11.7 Å². The standard InChI is InChI=1S/C20H22FN3O.ClH/c1-13-11-15(14-3-5-16(21)6-4-14)12-18(22-13)17-7-8-20(23-17)9-10-24(2)19(20)25;/h3-6,11-12,17,23H,7-10H2,1-2H3;1H/t17-,20+;/m0./s1. The van der Waals surface area contributed by atoms with E-state index in [-0.39, 0.29) is 30.2 Å². The minimum absolute atomic E-state index is 0. The summed E-state index contributed by atoms with van der Waals surface area (Å²) in [6.45, 7) is 2.77. The molecule has 0 aliphatic carbocycles. The molecule has 2 atom stereocenters. The first-order valence-corrected chi connectivity index (χ1v) is 8.75. The van der Waals surface area contributed by atoms with Crippen molar-refractivity contribution in [3.63, 3.8) is 0 Å². The molecule has 1 aromatic carbocycles. The highest BCUT2D eigenvalue weighted by Gasteiger charge is 2.50. The van der Waals surface area contributed by atoms with Gasteiger partial charge in [0.25, 0.3) is 0 Å². The Morgan fingerprint density at radius 3 is 2.58 bits per heavy atom. The predicted octanol–water partition coefficient (Wildman–Crippen LogP) is 3.64. The van der Waals surface area contributed by atoms with Crippen LogP contribution in [0.4, 0.5) is 4.39 Å². The van der Waals surface area contributed by atoms with E-state index < -0.39 is 5.54 Å². The molecule has 138 valence electrons. The van der Waals surface area contributed by atoms with Crippen molar-refractivity contribution < 1.29 is 9.18 Å². The minimum Gasteiger partial charge on any atom is -0.344 e. The third-order valence-electron chi connectivity index (χ3n) is 5.45. The highest BCUT2D eigenvalue weighted by atomic mass is 35.5. The van der Waals surface area contributed by atoms with Crippen LogP contribution in [0.2, 0.25) is 0 Å². The van der Waals surface area contributed by atoms with Crippen molar-refractivity contribution >= 4 is 18.3 Å². The molecule has 2 aliphatic rings. The van der Waals surface area contributed by atoms with E-state index in [4.69, 9.17) is 4.98 Å². The number of halogens is 2. The number of likely N-dealkylation sites (tertiary alicyclic amines) is 1. The summed E-state index contributed by atoms with van der Waals surface area (Å²) < 4.78 is 13.2. The number of aryl methyl sites for hydroxylation is 1. The fourth-order valence-corrected chi connectivity index (χ4v) is 4.07. The maximum Gasteiger partial charge on any atom is 0.242 e. The summed E-state index contributed by atoms with van der Waals surface area (Å²) in [6, 6.07) is 10.7. The van der Waals surface area contributed by atoms with Crippen LogP contribution in [-0.2, 0) is 4.79 Å². The summed E-state index contributed by atoms with van der Waals surface area (Å²) in [5, 5.41) is 3.56. The molecule has 4 nitrogen and oxygen atoms in total. The molecule has 3 heterocycles. The van der Waals surface area contributed by atoms with Crippen LogP contribution in [0.1, 0.15) is 36.7 Å². The Bertz CT molecular complexity index is 826. The molecule has 0 radical (unpaired) electrons. The van der Waals surface area contributed by atoms with Crippen LogP contribution in [0.3, 0.4) is 0 Å². The van der Waals surface area contributed by atoms with Crippen LogP contribution < -0.4 is 5.32 Å². The molecule has 1 aromatic heterocycles. The second kappa shape index (κ2) is 6.97. The SMILES string of the molecule is Cc1cc(-c2ccc(F)cc2)cc([C@@H]2CC[C@]3(CCN(C)C3=O)N2)n1.Cl. The lowest BCUT2D eigenvalue weighted by molar-refractivity contribution is -0.131. The van der Waals surface area contributed by atoms with Crippen LogP contribution in [0.5, 0.6) is 0 Å². The van der Waals surface area contributed by atoms with Crippen LogP contribution in [0, 0.1) is 12.7 Å². The molecular formula is C20H23ClFN3O. The molecular weight excluding hydrogens is 353 g/mol. The summed E-state index contributed by atoms with van der Waals surface area (Å²) in [5.41, 5.74) is 3.46. The van der Waals surface area contributed by atoms with Crippen molar-refractivity contribution in [1.82, 2.24) is 15.2 Å². The summed E-state index contributed by atoms with van der Waals surface area (Å²) in [6.07, 6.45) is 2.61. The fourth-order valence-electron chi connectivity index (χ4n) is 4.07. The average Bonchev–Trinajstić information content (AvgIpc) is 3.15. The monoisotopic (exact) mass is 375 g/mol. The molecule has 1 N–H and O–H groups in total.